The van der Waals surface area contributed by atoms with Crippen LogP contribution in [0.15, 0.2) is 12.4 Å². The molecule has 0 aliphatic rings. The normalized spacial score (nSPS) is 10.7. The number of esters is 1. The van der Waals surface area contributed by atoms with Crippen LogP contribution in [0.3, 0.4) is 0 Å². The maximum absolute atomic E-state index is 12.5. The number of hydrogen-bond donors (Lipinski definition) is 0. The van der Waals surface area contributed by atoms with Gasteiger partial charge in [-0.05, 0) is 0 Å². The highest BCUT2D eigenvalue weighted by Gasteiger charge is 2.37. The molecule has 1 aromatic rings. The van der Waals surface area contributed by atoms with Gasteiger partial charge in [0.05, 0.1) is 23.8 Å². The lowest BCUT2D eigenvalue weighted by Crippen LogP contribution is -2.16. The van der Waals surface area contributed by atoms with E-state index < -0.39 is 28.8 Å². The Morgan fingerprint density at radius 3 is 2.56 bits per heavy atom. The topological polar surface area (TPSA) is 63.0 Å². The van der Waals surface area contributed by atoms with Crippen molar-refractivity contribution in [3.8, 4) is 6.07 Å². The number of carbonyl (C=O) groups excluding carboxylic acids is 1. The van der Waals surface area contributed by atoms with Crippen LogP contribution in [0.5, 0.6) is 0 Å². The summed E-state index contributed by atoms with van der Waals surface area (Å²) in [5.74, 6) is -1.22. The molecule has 0 fully saturated rings. The number of hydrogen-bond acceptors (Lipinski definition) is 4. The van der Waals surface area contributed by atoms with E-state index >= 15 is 0 Å². The third-order valence-corrected chi connectivity index (χ3v) is 1.76. The van der Waals surface area contributed by atoms with Gasteiger partial charge in [0.25, 0.3) is 0 Å². The van der Waals surface area contributed by atoms with Crippen LogP contribution < -0.4 is 0 Å². The summed E-state index contributed by atoms with van der Waals surface area (Å²) in [5.41, 5.74) is -2.56. The third-order valence-electron chi connectivity index (χ3n) is 1.76. The molecule has 7 heteroatoms. The van der Waals surface area contributed by atoms with Crippen molar-refractivity contribution in [2.45, 2.75) is 6.18 Å². The van der Waals surface area contributed by atoms with E-state index in [4.69, 9.17) is 5.26 Å². The lowest BCUT2D eigenvalue weighted by Gasteiger charge is -2.11. The van der Waals surface area contributed by atoms with Crippen LogP contribution in [0.2, 0.25) is 0 Å². The van der Waals surface area contributed by atoms with Gasteiger partial charge in [-0.2, -0.15) is 18.4 Å². The monoisotopic (exact) mass is 230 g/mol. The van der Waals surface area contributed by atoms with Gasteiger partial charge in [-0.3, -0.25) is 4.98 Å². The fourth-order valence-electron chi connectivity index (χ4n) is 1.08. The average molecular weight is 230 g/mol. The summed E-state index contributed by atoms with van der Waals surface area (Å²) in [6.07, 6.45) is -3.40. The van der Waals surface area contributed by atoms with Crippen molar-refractivity contribution >= 4 is 5.97 Å². The van der Waals surface area contributed by atoms with E-state index in [9.17, 15) is 18.0 Å². The van der Waals surface area contributed by atoms with Crippen LogP contribution in [-0.2, 0) is 10.9 Å². The molecule has 0 aromatic carbocycles. The van der Waals surface area contributed by atoms with Crippen LogP contribution in [0, 0.1) is 11.3 Å². The number of alkyl halides is 3. The van der Waals surface area contributed by atoms with E-state index in [2.05, 4.69) is 9.72 Å². The second kappa shape index (κ2) is 4.18. The number of ether oxygens (including phenoxy) is 1. The number of nitriles is 1. The smallest absolute Gasteiger partial charge is 0.418 e. The van der Waals surface area contributed by atoms with Crippen LogP contribution in [0.1, 0.15) is 21.5 Å². The highest BCUT2D eigenvalue weighted by atomic mass is 19.4. The highest BCUT2D eigenvalue weighted by molar-refractivity contribution is 5.93. The Labute approximate surface area is 88.3 Å². The Kier molecular flexibility index (Phi) is 3.13. The Morgan fingerprint density at radius 2 is 2.12 bits per heavy atom. The van der Waals surface area contributed by atoms with Gasteiger partial charge >= 0.3 is 12.1 Å². The molecule has 0 saturated carbocycles. The van der Waals surface area contributed by atoms with E-state index in [1.807, 2.05) is 0 Å². The fourth-order valence-corrected chi connectivity index (χ4v) is 1.08. The number of aromatic nitrogens is 1. The Morgan fingerprint density at radius 1 is 1.50 bits per heavy atom. The minimum absolute atomic E-state index is 0.471. The van der Waals surface area contributed by atoms with E-state index in [1.165, 1.54) is 6.07 Å². The van der Waals surface area contributed by atoms with Gasteiger partial charge in [-0.25, -0.2) is 4.79 Å². The summed E-state index contributed by atoms with van der Waals surface area (Å²) in [4.78, 5) is 14.4. The lowest BCUT2D eigenvalue weighted by molar-refractivity contribution is -0.138. The molecule has 0 atom stereocenters. The summed E-state index contributed by atoms with van der Waals surface area (Å²) >= 11 is 0. The Bertz CT molecular complexity index is 463. The largest absolute Gasteiger partial charge is 0.465 e. The predicted molar refractivity (Wildman–Crippen MR) is 45.3 cm³/mol. The molecule has 1 aromatic heterocycles. The minimum atomic E-state index is -4.76. The molecule has 0 amide bonds. The molecule has 0 unspecified atom stereocenters. The molecule has 1 rings (SSSR count). The first kappa shape index (κ1) is 12.0. The van der Waals surface area contributed by atoms with Crippen LogP contribution in [-0.4, -0.2) is 18.1 Å². The first-order valence-electron chi connectivity index (χ1n) is 3.95. The first-order valence-corrected chi connectivity index (χ1v) is 3.95. The van der Waals surface area contributed by atoms with Gasteiger partial charge in [0.2, 0.25) is 0 Å². The molecular weight excluding hydrogens is 225 g/mol. The zero-order valence-corrected chi connectivity index (χ0v) is 8.00. The molecular formula is C9H5F3N2O2. The van der Waals surface area contributed by atoms with E-state index in [0.29, 0.717) is 6.20 Å². The van der Waals surface area contributed by atoms with Gasteiger partial charge in [-0.1, -0.05) is 0 Å². The maximum Gasteiger partial charge on any atom is 0.418 e. The summed E-state index contributed by atoms with van der Waals surface area (Å²) in [6, 6.07) is 1.46. The number of carbonyl (C=O) groups is 1. The van der Waals surface area contributed by atoms with E-state index in [1.54, 1.807) is 0 Å². The first-order chi connectivity index (χ1) is 7.41. The molecule has 4 nitrogen and oxygen atoms in total. The van der Waals surface area contributed by atoms with Gasteiger partial charge < -0.3 is 4.74 Å². The Hall–Kier alpha value is -2.10. The molecule has 0 N–H and O–H groups in total. The summed E-state index contributed by atoms with van der Waals surface area (Å²) < 4.78 is 41.7. The van der Waals surface area contributed by atoms with Crippen molar-refractivity contribution in [3.05, 3.63) is 29.1 Å². The summed E-state index contributed by atoms with van der Waals surface area (Å²) in [7, 11) is 0.935. The summed E-state index contributed by atoms with van der Waals surface area (Å²) in [6.45, 7) is 0. The van der Waals surface area contributed by atoms with E-state index in [-0.39, 0.29) is 0 Å². The quantitative estimate of drug-likeness (QED) is 0.689. The molecule has 0 radical (unpaired) electrons. The van der Waals surface area contributed by atoms with Gasteiger partial charge in [0, 0.05) is 12.4 Å². The van der Waals surface area contributed by atoms with Crippen molar-refractivity contribution in [3.63, 3.8) is 0 Å². The van der Waals surface area contributed by atoms with Crippen LogP contribution in [0.4, 0.5) is 13.2 Å². The molecule has 0 bridgehead atoms. The standard InChI is InChI=1S/C9H5F3N2O2/c1-16-8(15)7-5(2-13)3-14-4-6(7)9(10,11)12/h3-4H,1H3. The molecule has 16 heavy (non-hydrogen) atoms. The zero-order valence-electron chi connectivity index (χ0n) is 8.00. The number of pyridine rings is 1. The molecule has 84 valence electrons. The summed E-state index contributed by atoms with van der Waals surface area (Å²) in [5, 5.41) is 8.59. The molecule has 0 aliphatic heterocycles. The van der Waals surface area contributed by atoms with E-state index in [0.717, 1.165) is 13.3 Å². The Balaban J connectivity index is 3.52. The second-order valence-corrected chi connectivity index (χ2v) is 2.71. The van der Waals surface area contributed by atoms with Crippen molar-refractivity contribution < 1.29 is 22.7 Å². The highest BCUT2D eigenvalue weighted by Crippen LogP contribution is 2.32. The maximum atomic E-state index is 12.5. The SMILES string of the molecule is COC(=O)c1c(C#N)cncc1C(F)(F)F. The number of rotatable bonds is 1. The minimum Gasteiger partial charge on any atom is -0.465 e. The second-order valence-electron chi connectivity index (χ2n) is 2.71. The average Bonchev–Trinajstić information content (AvgIpc) is 2.25. The fraction of sp³-hybridized carbons (Fsp3) is 0.222. The van der Waals surface area contributed by atoms with Gasteiger partial charge in [-0.15, -0.1) is 0 Å². The molecule has 0 aliphatic carbocycles. The van der Waals surface area contributed by atoms with Crippen molar-refractivity contribution in [1.29, 1.82) is 5.26 Å². The predicted octanol–water partition coefficient (Wildman–Crippen LogP) is 1.76. The number of halogens is 3. The van der Waals surface area contributed by atoms with Crippen molar-refractivity contribution in [2.24, 2.45) is 0 Å². The van der Waals surface area contributed by atoms with Gasteiger partial charge in [0.1, 0.15) is 6.07 Å². The molecule has 0 spiro atoms. The third kappa shape index (κ3) is 2.11. The lowest BCUT2D eigenvalue weighted by atomic mass is 10.1. The van der Waals surface area contributed by atoms with Gasteiger partial charge in [0.15, 0.2) is 0 Å². The van der Waals surface area contributed by atoms with Crippen molar-refractivity contribution in [2.75, 3.05) is 7.11 Å². The number of nitrogens with zero attached hydrogens (tertiary/aromatic N) is 2. The van der Waals surface area contributed by atoms with Crippen molar-refractivity contribution in [1.82, 2.24) is 4.98 Å². The van der Waals surface area contributed by atoms with Crippen LogP contribution >= 0.6 is 0 Å². The molecule has 1 heterocycles. The van der Waals surface area contributed by atoms with Crippen LogP contribution in [0.25, 0.3) is 0 Å². The molecule has 0 saturated heterocycles. The number of methoxy groups -OCH3 is 1. The zero-order chi connectivity index (χ0) is 12.3.